The lowest BCUT2D eigenvalue weighted by Gasteiger charge is -2.09. The van der Waals surface area contributed by atoms with Crippen molar-refractivity contribution >= 4 is 0 Å². The van der Waals surface area contributed by atoms with E-state index in [1.807, 2.05) is 6.08 Å². The van der Waals surface area contributed by atoms with E-state index < -0.39 is 0 Å². The van der Waals surface area contributed by atoms with Crippen LogP contribution in [-0.4, -0.2) is 0 Å². The normalized spacial score (nSPS) is 24.1. The van der Waals surface area contributed by atoms with E-state index in [4.69, 9.17) is 0 Å². The van der Waals surface area contributed by atoms with Crippen LogP contribution >= 0.6 is 0 Å². The second-order valence-corrected chi connectivity index (χ2v) is 2.84. The molecule has 1 aliphatic carbocycles. The second-order valence-electron chi connectivity index (χ2n) is 2.84. The van der Waals surface area contributed by atoms with E-state index in [0.29, 0.717) is 0 Å². The standard InChI is InChI=1S/C10H14/c1-3-4-10-7-5-9(2)6-8-10/h3,5,7-9H,1,4,6H2,2H3. The van der Waals surface area contributed by atoms with Crippen LogP contribution in [0.15, 0.2) is 36.5 Å². The topological polar surface area (TPSA) is 0 Å². The van der Waals surface area contributed by atoms with Crippen molar-refractivity contribution in [3.8, 4) is 0 Å². The fourth-order valence-corrected chi connectivity index (χ4v) is 1.09. The molecule has 0 radical (unpaired) electrons. The maximum absolute atomic E-state index is 3.70. The molecule has 0 aromatic rings. The highest BCUT2D eigenvalue weighted by Gasteiger charge is 2.00. The average Bonchev–Trinajstić information content (AvgIpc) is 1.95. The molecule has 10 heavy (non-hydrogen) atoms. The van der Waals surface area contributed by atoms with Crippen molar-refractivity contribution in [2.24, 2.45) is 5.92 Å². The molecule has 0 bridgehead atoms. The molecule has 0 fully saturated rings. The van der Waals surface area contributed by atoms with Crippen molar-refractivity contribution in [1.29, 1.82) is 0 Å². The largest absolute Gasteiger partial charge is 0.103 e. The van der Waals surface area contributed by atoms with Crippen molar-refractivity contribution in [2.45, 2.75) is 19.8 Å². The summed E-state index contributed by atoms with van der Waals surface area (Å²) in [6.07, 6.45) is 10.9. The van der Waals surface area contributed by atoms with Gasteiger partial charge in [0.15, 0.2) is 0 Å². The first-order chi connectivity index (χ1) is 4.83. The lowest BCUT2D eigenvalue weighted by molar-refractivity contribution is 0.729. The third-order valence-electron chi connectivity index (χ3n) is 1.77. The summed E-state index contributed by atoms with van der Waals surface area (Å²) in [7, 11) is 0. The Morgan fingerprint density at radius 3 is 3.10 bits per heavy atom. The van der Waals surface area contributed by atoms with Crippen LogP contribution < -0.4 is 0 Å². The van der Waals surface area contributed by atoms with Gasteiger partial charge in [-0.25, -0.2) is 0 Å². The molecule has 1 unspecified atom stereocenters. The van der Waals surface area contributed by atoms with Gasteiger partial charge in [-0.3, -0.25) is 0 Å². The van der Waals surface area contributed by atoms with Gasteiger partial charge in [0.2, 0.25) is 0 Å². The highest BCUT2D eigenvalue weighted by Crippen LogP contribution is 2.17. The number of allylic oxidation sites excluding steroid dienone is 5. The van der Waals surface area contributed by atoms with Crippen LogP contribution in [0.2, 0.25) is 0 Å². The third-order valence-corrected chi connectivity index (χ3v) is 1.77. The predicted molar refractivity (Wildman–Crippen MR) is 45.8 cm³/mol. The minimum atomic E-state index is 0.730. The van der Waals surface area contributed by atoms with Crippen molar-refractivity contribution < 1.29 is 0 Å². The van der Waals surface area contributed by atoms with Crippen molar-refractivity contribution in [1.82, 2.24) is 0 Å². The maximum Gasteiger partial charge on any atom is -0.0103 e. The summed E-state index contributed by atoms with van der Waals surface area (Å²) in [4.78, 5) is 0. The molecule has 0 amide bonds. The third kappa shape index (κ3) is 1.87. The van der Waals surface area contributed by atoms with E-state index in [-0.39, 0.29) is 0 Å². The summed E-state index contributed by atoms with van der Waals surface area (Å²) < 4.78 is 0. The minimum absolute atomic E-state index is 0.730. The zero-order valence-electron chi connectivity index (χ0n) is 6.51. The Kier molecular flexibility index (Phi) is 2.49. The van der Waals surface area contributed by atoms with E-state index in [2.05, 4.69) is 31.7 Å². The molecule has 0 aliphatic heterocycles. The Hall–Kier alpha value is -0.780. The van der Waals surface area contributed by atoms with Gasteiger partial charge in [-0.2, -0.15) is 0 Å². The molecule has 1 aliphatic rings. The first-order valence-corrected chi connectivity index (χ1v) is 3.81. The SMILES string of the molecule is C=CCC1=CCC(C)C=C1. The predicted octanol–water partition coefficient (Wildman–Crippen LogP) is 3.08. The van der Waals surface area contributed by atoms with Gasteiger partial charge in [0.25, 0.3) is 0 Å². The van der Waals surface area contributed by atoms with Gasteiger partial charge in [0, 0.05) is 0 Å². The first-order valence-electron chi connectivity index (χ1n) is 3.81. The van der Waals surface area contributed by atoms with Crippen LogP contribution in [0.3, 0.4) is 0 Å². The minimum Gasteiger partial charge on any atom is -0.103 e. The Labute approximate surface area is 62.9 Å². The maximum atomic E-state index is 3.70. The Balaban J connectivity index is 2.49. The first kappa shape index (κ1) is 7.33. The summed E-state index contributed by atoms with van der Waals surface area (Å²) in [6, 6.07) is 0. The van der Waals surface area contributed by atoms with Crippen LogP contribution in [-0.2, 0) is 0 Å². The monoisotopic (exact) mass is 134 g/mol. The van der Waals surface area contributed by atoms with E-state index in [1.54, 1.807) is 0 Å². The molecule has 0 heteroatoms. The molecule has 0 saturated heterocycles. The fraction of sp³-hybridized carbons (Fsp3) is 0.400. The Bertz CT molecular complexity index is 172. The van der Waals surface area contributed by atoms with E-state index >= 15 is 0 Å². The summed E-state index contributed by atoms with van der Waals surface area (Å²) in [5, 5.41) is 0. The van der Waals surface area contributed by atoms with E-state index in [9.17, 15) is 0 Å². The summed E-state index contributed by atoms with van der Waals surface area (Å²) in [6.45, 7) is 5.93. The molecule has 0 N–H and O–H groups in total. The second kappa shape index (κ2) is 3.40. The van der Waals surface area contributed by atoms with Crippen LogP contribution in [0.4, 0.5) is 0 Å². The molecular weight excluding hydrogens is 120 g/mol. The molecule has 0 saturated carbocycles. The van der Waals surface area contributed by atoms with Gasteiger partial charge in [-0.15, -0.1) is 6.58 Å². The molecule has 0 nitrogen and oxygen atoms in total. The number of hydrogen-bond donors (Lipinski definition) is 0. The highest BCUT2D eigenvalue weighted by atomic mass is 14.1. The molecule has 0 heterocycles. The molecular formula is C10H14. The number of hydrogen-bond acceptors (Lipinski definition) is 0. The van der Waals surface area contributed by atoms with Gasteiger partial charge in [-0.05, 0) is 24.3 Å². The van der Waals surface area contributed by atoms with Crippen LogP contribution in [0.1, 0.15) is 19.8 Å². The Morgan fingerprint density at radius 1 is 1.80 bits per heavy atom. The Morgan fingerprint density at radius 2 is 2.60 bits per heavy atom. The lowest BCUT2D eigenvalue weighted by atomic mass is 9.97. The number of rotatable bonds is 2. The zero-order chi connectivity index (χ0) is 7.40. The van der Waals surface area contributed by atoms with E-state index in [1.165, 1.54) is 12.0 Å². The highest BCUT2D eigenvalue weighted by molar-refractivity contribution is 5.25. The molecule has 0 spiro atoms. The smallest absolute Gasteiger partial charge is 0.0103 e. The van der Waals surface area contributed by atoms with Gasteiger partial charge in [-0.1, -0.05) is 31.2 Å². The van der Waals surface area contributed by atoms with Crippen LogP contribution in [0, 0.1) is 5.92 Å². The average molecular weight is 134 g/mol. The van der Waals surface area contributed by atoms with Gasteiger partial charge in [0.05, 0.1) is 0 Å². The lowest BCUT2D eigenvalue weighted by Crippen LogP contribution is -1.93. The van der Waals surface area contributed by atoms with Gasteiger partial charge < -0.3 is 0 Å². The van der Waals surface area contributed by atoms with Crippen LogP contribution in [0.25, 0.3) is 0 Å². The van der Waals surface area contributed by atoms with Crippen LogP contribution in [0.5, 0.6) is 0 Å². The summed E-state index contributed by atoms with van der Waals surface area (Å²) in [5.41, 5.74) is 1.41. The molecule has 1 rings (SSSR count). The van der Waals surface area contributed by atoms with E-state index in [0.717, 1.165) is 12.3 Å². The zero-order valence-corrected chi connectivity index (χ0v) is 6.51. The van der Waals surface area contributed by atoms with Gasteiger partial charge in [0.1, 0.15) is 0 Å². The molecule has 0 aromatic heterocycles. The van der Waals surface area contributed by atoms with Crippen molar-refractivity contribution in [2.75, 3.05) is 0 Å². The molecule has 0 aromatic carbocycles. The molecule has 54 valence electrons. The summed E-state index contributed by atoms with van der Waals surface area (Å²) >= 11 is 0. The van der Waals surface area contributed by atoms with Crippen molar-refractivity contribution in [3.63, 3.8) is 0 Å². The van der Waals surface area contributed by atoms with Gasteiger partial charge >= 0.3 is 0 Å². The van der Waals surface area contributed by atoms with Crippen molar-refractivity contribution in [3.05, 3.63) is 36.5 Å². The quantitative estimate of drug-likeness (QED) is 0.509. The molecule has 1 atom stereocenters. The summed E-state index contributed by atoms with van der Waals surface area (Å²) in [5.74, 6) is 0.730. The fourth-order valence-electron chi connectivity index (χ4n) is 1.09.